The van der Waals surface area contributed by atoms with Gasteiger partial charge in [0.2, 0.25) is 0 Å². The van der Waals surface area contributed by atoms with Crippen molar-refractivity contribution in [2.24, 2.45) is 4.99 Å². The molecule has 1 aromatic heterocycles. The maximum Gasteiger partial charge on any atom is 0.191 e. The number of nitrogens with zero attached hydrogens (tertiary/aromatic N) is 2. The lowest BCUT2D eigenvalue weighted by Gasteiger charge is -2.19. The van der Waals surface area contributed by atoms with Gasteiger partial charge in [0.25, 0.3) is 0 Å². The average molecular weight is 308 g/mol. The molecule has 2 aromatic rings. The normalized spacial score (nSPS) is 16.0. The van der Waals surface area contributed by atoms with Gasteiger partial charge in [0.15, 0.2) is 5.96 Å². The highest BCUT2D eigenvalue weighted by molar-refractivity contribution is 5.79. The fourth-order valence-electron chi connectivity index (χ4n) is 2.85. The first kappa shape index (κ1) is 15.5. The van der Waals surface area contributed by atoms with Crippen molar-refractivity contribution in [2.45, 2.75) is 31.7 Å². The molecule has 4 nitrogen and oxygen atoms in total. The van der Waals surface area contributed by atoms with E-state index >= 15 is 0 Å². The molecular formula is C19H24N4. The zero-order valence-corrected chi connectivity index (χ0v) is 13.8. The van der Waals surface area contributed by atoms with Crippen LogP contribution >= 0.6 is 0 Å². The van der Waals surface area contributed by atoms with Crippen LogP contribution in [0.2, 0.25) is 0 Å². The van der Waals surface area contributed by atoms with Crippen molar-refractivity contribution in [2.75, 3.05) is 13.6 Å². The summed E-state index contributed by atoms with van der Waals surface area (Å²) in [4.78, 5) is 8.73. The maximum atomic E-state index is 4.41. The molecular weight excluding hydrogens is 284 g/mol. The minimum Gasteiger partial charge on any atom is -0.356 e. The smallest absolute Gasteiger partial charge is 0.191 e. The molecule has 0 spiro atoms. The summed E-state index contributed by atoms with van der Waals surface area (Å²) >= 11 is 0. The van der Waals surface area contributed by atoms with Crippen LogP contribution < -0.4 is 10.6 Å². The van der Waals surface area contributed by atoms with Gasteiger partial charge in [0.1, 0.15) is 0 Å². The highest BCUT2D eigenvalue weighted by Gasteiger charge is 2.43. The van der Waals surface area contributed by atoms with Gasteiger partial charge in [-0.05, 0) is 37.0 Å². The first-order valence-electron chi connectivity index (χ1n) is 8.14. The van der Waals surface area contributed by atoms with Crippen LogP contribution in [0.4, 0.5) is 0 Å². The fraction of sp³-hybridized carbons (Fsp3) is 0.368. The Morgan fingerprint density at radius 3 is 2.57 bits per heavy atom. The number of benzene rings is 1. The molecule has 0 unspecified atom stereocenters. The highest BCUT2D eigenvalue weighted by Crippen LogP contribution is 2.47. The second kappa shape index (κ2) is 6.82. The van der Waals surface area contributed by atoms with E-state index in [4.69, 9.17) is 0 Å². The maximum absolute atomic E-state index is 4.41. The van der Waals surface area contributed by atoms with Gasteiger partial charge >= 0.3 is 0 Å². The Hall–Kier alpha value is -2.36. The molecule has 0 radical (unpaired) electrons. The Morgan fingerprint density at radius 2 is 1.91 bits per heavy atom. The van der Waals surface area contributed by atoms with Crippen LogP contribution in [0.1, 0.15) is 29.7 Å². The summed E-state index contributed by atoms with van der Waals surface area (Å²) in [6.07, 6.45) is 4.30. The van der Waals surface area contributed by atoms with Gasteiger partial charge in [-0.1, -0.05) is 36.4 Å². The Morgan fingerprint density at radius 1 is 1.13 bits per heavy atom. The van der Waals surface area contributed by atoms with E-state index in [1.165, 1.54) is 24.0 Å². The molecule has 0 atom stereocenters. The Bertz CT molecular complexity index is 675. The first-order chi connectivity index (χ1) is 11.2. The second-order valence-corrected chi connectivity index (χ2v) is 6.19. The number of aryl methyl sites for hydroxylation is 1. The predicted molar refractivity (Wildman–Crippen MR) is 94.5 cm³/mol. The first-order valence-corrected chi connectivity index (χ1v) is 8.14. The van der Waals surface area contributed by atoms with Gasteiger partial charge in [-0.3, -0.25) is 9.98 Å². The Balaban J connectivity index is 1.56. The van der Waals surface area contributed by atoms with Gasteiger partial charge in [-0.15, -0.1) is 0 Å². The monoisotopic (exact) mass is 308 g/mol. The Labute approximate surface area is 138 Å². The number of hydrogen-bond acceptors (Lipinski definition) is 2. The summed E-state index contributed by atoms with van der Waals surface area (Å²) in [6.45, 7) is 3.68. The number of rotatable bonds is 5. The van der Waals surface area contributed by atoms with Crippen LogP contribution in [0.5, 0.6) is 0 Å². The zero-order chi connectivity index (χ0) is 16.1. The molecule has 23 heavy (non-hydrogen) atoms. The van der Waals surface area contributed by atoms with E-state index in [1.807, 2.05) is 19.3 Å². The molecule has 3 rings (SSSR count). The standard InChI is InChI=1S/C19H24N4/c1-15-7-6-12-21-17(15)13-22-18(20-2)23-14-19(10-11-19)16-8-4-3-5-9-16/h3-9,12H,10-11,13-14H2,1-2H3,(H2,20,22,23). The number of pyridine rings is 1. The molecule has 1 aliphatic carbocycles. The molecule has 0 amide bonds. The molecule has 4 heteroatoms. The molecule has 0 saturated heterocycles. The van der Waals surface area contributed by atoms with E-state index in [1.54, 1.807) is 0 Å². The third-order valence-corrected chi connectivity index (χ3v) is 4.60. The Kier molecular flexibility index (Phi) is 4.60. The van der Waals surface area contributed by atoms with Gasteiger partial charge < -0.3 is 10.6 Å². The topological polar surface area (TPSA) is 49.3 Å². The van der Waals surface area contributed by atoms with Gasteiger partial charge in [-0.25, -0.2) is 0 Å². The summed E-state index contributed by atoms with van der Waals surface area (Å²) in [5, 5.41) is 6.83. The van der Waals surface area contributed by atoms with Crippen molar-refractivity contribution in [3.05, 3.63) is 65.5 Å². The van der Waals surface area contributed by atoms with Crippen molar-refractivity contribution < 1.29 is 0 Å². The lowest BCUT2D eigenvalue weighted by molar-refractivity contribution is 0.644. The minimum atomic E-state index is 0.278. The second-order valence-electron chi connectivity index (χ2n) is 6.19. The molecule has 0 bridgehead atoms. The molecule has 120 valence electrons. The lowest BCUT2D eigenvalue weighted by atomic mass is 9.96. The van der Waals surface area contributed by atoms with Crippen LogP contribution in [0.3, 0.4) is 0 Å². The SMILES string of the molecule is CN=C(NCc1ncccc1C)NCC1(c2ccccc2)CC1. The summed E-state index contributed by atoms with van der Waals surface area (Å²) in [5.41, 5.74) is 3.95. The third kappa shape index (κ3) is 3.70. The van der Waals surface area contributed by atoms with Crippen molar-refractivity contribution in [3.8, 4) is 0 Å². The molecule has 1 aromatic carbocycles. The van der Waals surface area contributed by atoms with Crippen molar-refractivity contribution in [3.63, 3.8) is 0 Å². The molecule has 2 N–H and O–H groups in total. The van der Waals surface area contributed by atoms with Crippen LogP contribution in [-0.2, 0) is 12.0 Å². The number of nitrogens with one attached hydrogen (secondary N) is 2. The largest absolute Gasteiger partial charge is 0.356 e. The van der Waals surface area contributed by atoms with E-state index in [-0.39, 0.29) is 5.41 Å². The number of aliphatic imine (C=N–C) groups is 1. The van der Waals surface area contributed by atoms with Crippen molar-refractivity contribution in [1.29, 1.82) is 0 Å². The van der Waals surface area contributed by atoms with E-state index in [2.05, 4.69) is 63.9 Å². The molecule has 1 heterocycles. The minimum absolute atomic E-state index is 0.278. The van der Waals surface area contributed by atoms with Gasteiger partial charge in [0.05, 0.1) is 12.2 Å². The van der Waals surface area contributed by atoms with Crippen LogP contribution in [-0.4, -0.2) is 24.5 Å². The summed E-state index contributed by atoms with van der Waals surface area (Å²) < 4.78 is 0. The van der Waals surface area contributed by atoms with E-state index in [0.717, 1.165) is 18.2 Å². The van der Waals surface area contributed by atoms with Crippen LogP contribution in [0, 0.1) is 6.92 Å². The van der Waals surface area contributed by atoms with E-state index in [9.17, 15) is 0 Å². The van der Waals surface area contributed by atoms with Gasteiger partial charge in [0, 0.05) is 25.2 Å². The van der Waals surface area contributed by atoms with Crippen molar-refractivity contribution in [1.82, 2.24) is 15.6 Å². The van der Waals surface area contributed by atoms with E-state index in [0.29, 0.717) is 6.54 Å². The highest BCUT2D eigenvalue weighted by atomic mass is 15.2. The van der Waals surface area contributed by atoms with Gasteiger partial charge in [-0.2, -0.15) is 0 Å². The lowest BCUT2D eigenvalue weighted by Crippen LogP contribution is -2.41. The molecule has 1 aliphatic rings. The number of hydrogen-bond donors (Lipinski definition) is 2. The summed E-state index contributed by atoms with van der Waals surface area (Å²) in [5.74, 6) is 0.831. The quantitative estimate of drug-likeness (QED) is 0.659. The molecule has 1 fully saturated rings. The van der Waals surface area contributed by atoms with Crippen LogP contribution in [0.25, 0.3) is 0 Å². The summed E-state index contributed by atoms with van der Waals surface area (Å²) in [7, 11) is 1.81. The summed E-state index contributed by atoms with van der Waals surface area (Å²) in [6, 6.07) is 14.8. The third-order valence-electron chi connectivity index (χ3n) is 4.60. The molecule has 1 saturated carbocycles. The average Bonchev–Trinajstić information content (AvgIpc) is 3.38. The number of aromatic nitrogens is 1. The number of guanidine groups is 1. The zero-order valence-electron chi connectivity index (χ0n) is 13.8. The molecule has 0 aliphatic heterocycles. The van der Waals surface area contributed by atoms with E-state index < -0.39 is 0 Å². The fourth-order valence-corrected chi connectivity index (χ4v) is 2.85. The predicted octanol–water partition coefficient (Wildman–Crippen LogP) is 2.79. The van der Waals surface area contributed by atoms with Crippen LogP contribution in [0.15, 0.2) is 53.7 Å². The van der Waals surface area contributed by atoms with Crippen molar-refractivity contribution >= 4 is 5.96 Å².